The first-order valence-electron chi connectivity index (χ1n) is 4.78. The van der Waals surface area contributed by atoms with Gasteiger partial charge in [-0.05, 0) is 36.3 Å². The van der Waals surface area contributed by atoms with Crippen LogP contribution in [0.25, 0.3) is 6.08 Å². The van der Waals surface area contributed by atoms with Crippen LogP contribution in [-0.4, -0.2) is 17.0 Å². The Hall–Kier alpha value is -2.10. The fourth-order valence-corrected chi connectivity index (χ4v) is 1.30. The number of carbonyl (C=O) groups is 2. The molecule has 0 bridgehead atoms. The van der Waals surface area contributed by atoms with Crippen molar-refractivity contribution >= 4 is 23.6 Å². The molecule has 16 heavy (non-hydrogen) atoms. The maximum atomic E-state index is 10.8. The van der Waals surface area contributed by atoms with Gasteiger partial charge in [-0.25, -0.2) is 4.79 Å². The van der Waals surface area contributed by atoms with Gasteiger partial charge in [-0.15, -0.1) is 0 Å². The third-order valence-corrected chi connectivity index (χ3v) is 2.00. The van der Waals surface area contributed by atoms with E-state index in [1.165, 1.54) is 13.0 Å². The number of amides is 1. The lowest BCUT2D eigenvalue weighted by Gasteiger charge is -2.05. The highest BCUT2D eigenvalue weighted by molar-refractivity contribution is 5.89. The van der Waals surface area contributed by atoms with Gasteiger partial charge in [0.05, 0.1) is 0 Å². The number of carboxylic acid groups (broad SMARTS) is 1. The Bertz CT molecular complexity index is 450. The minimum absolute atomic E-state index is 0.131. The van der Waals surface area contributed by atoms with Crippen LogP contribution < -0.4 is 5.32 Å². The third kappa shape index (κ3) is 3.57. The molecule has 4 nitrogen and oxygen atoms in total. The molecule has 1 amide bonds. The molecule has 0 heterocycles. The highest BCUT2D eigenvalue weighted by Crippen LogP contribution is 2.16. The molecule has 0 atom stereocenters. The van der Waals surface area contributed by atoms with Gasteiger partial charge in [0, 0.05) is 18.7 Å². The number of hydrogen-bond donors (Lipinski definition) is 2. The quantitative estimate of drug-likeness (QED) is 0.764. The average molecular weight is 219 g/mol. The second kappa shape index (κ2) is 5.11. The summed E-state index contributed by atoms with van der Waals surface area (Å²) in [7, 11) is 0. The Labute approximate surface area is 93.6 Å². The number of aryl methyl sites for hydroxylation is 1. The number of rotatable bonds is 3. The zero-order valence-corrected chi connectivity index (χ0v) is 9.15. The van der Waals surface area contributed by atoms with Gasteiger partial charge in [0.25, 0.3) is 0 Å². The minimum Gasteiger partial charge on any atom is -0.478 e. The van der Waals surface area contributed by atoms with Crippen LogP contribution in [0.5, 0.6) is 0 Å². The summed E-state index contributed by atoms with van der Waals surface area (Å²) in [6, 6.07) is 5.29. The molecule has 1 rings (SSSR count). The van der Waals surface area contributed by atoms with Crippen LogP contribution in [-0.2, 0) is 9.59 Å². The van der Waals surface area contributed by atoms with Crippen molar-refractivity contribution in [3.8, 4) is 0 Å². The van der Waals surface area contributed by atoms with Crippen LogP contribution in [0.2, 0.25) is 0 Å². The molecule has 84 valence electrons. The van der Waals surface area contributed by atoms with Crippen LogP contribution in [0.4, 0.5) is 5.69 Å². The lowest BCUT2D eigenvalue weighted by atomic mass is 10.1. The fourth-order valence-electron chi connectivity index (χ4n) is 1.30. The summed E-state index contributed by atoms with van der Waals surface area (Å²) in [6.07, 6.45) is 2.61. The Morgan fingerprint density at radius 3 is 2.56 bits per heavy atom. The summed E-state index contributed by atoms with van der Waals surface area (Å²) in [5.74, 6) is -1.11. The SMILES string of the molecule is CC(=O)Nc1ccc(C=CC(=O)O)c(C)c1. The topological polar surface area (TPSA) is 66.4 Å². The van der Waals surface area contributed by atoms with Gasteiger partial charge >= 0.3 is 5.97 Å². The molecular weight excluding hydrogens is 206 g/mol. The molecule has 0 saturated heterocycles. The van der Waals surface area contributed by atoms with Crippen molar-refractivity contribution < 1.29 is 14.7 Å². The number of carbonyl (C=O) groups excluding carboxylic acids is 1. The Kier molecular flexibility index (Phi) is 3.83. The van der Waals surface area contributed by atoms with Crippen molar-refractivity contribution in [2.75, 3.05) is 5.32 Å². The molecule has 0 aromatic heterocycles. The molecule has 0 spiro atoms. The van der Waals surface area contributed by atoms with Gasteiger partial charge in [-0.3, -0.25) is 4.79 Å². The molecule has 0 aliphatic rings. The van der Waals surface area contributed by atoms with Crippen molar-refractivity contribution in [1.82, 2.24) is 0 Å². The van der Waals surface area contributed by atoms with E-state index in [2.05, 4.69) is 5.32 Å². The predicted octanol–water partition coefficient (Wildman–Crippen LogP) is 2.05. The number of hydrogen-bond acceptors (Lipinski definition) is 2. The number of nitrogens with one attached hydrogen (secondary N) is 1. The van der Waals surface area contributed by atoms with Gasteiger partial charge < -0.3 is 10.4 Å². The number of carboxylic acids is 1. The summed E-state index contributed by atoms with van der Waals surface area (Å²) < 4.78 is 0. The standard InChI is InChI=1S/C12H13NO3/c1-8-7-11(13-9(2)14)5-3-10(8)4-6-12(15)16/h3-7H,1-2H3,(H,13,14)(H,15,16). The van der Waals surface area contributed by atoms with Crippen LogP contribution in [0, 0.1) is 6.92 Å². The van der Waals surface area contributed by atoms with Crippen LogP contribution in [0.1, 0.15) is 18.1 Å². The number of aliphatic carboxylic acids is 1. The second-order valence-electron chi connectivity index (χ2n) is 3.42. The van der Waals surface area contributed by atoms with E-state index >= 15 is 0 Å². The lowest BCUT2D eigenvalue weighted by molar-refractivity contribution is -0.131. The summed E-state index contributed by atoms with van der Waals surface area (Å²) in [6.45, 7) is 3.29. The van der Waals surface area contributed by atoms with Crippen molar-refractivity contribution in [2.45, 2.75) is 13.8 Å². The molecular formula is C12H13NO3. The highest BCUT2D eigenvalue weighted by Gasteiger charge is 1.99. The van der Waals surface area contributed by atoms with Crippen LogP contribution in [0.15, 0.2) is 24.3 Å². The first-order valence-corrected chi connectivity index (χ1v) is 4.78. The normalized spacial score (nSPS) is 10.4. The minimum atomic E-state index is -0.981. The zero-order valence-electron chi connectivity index (χ0n) is 9.15. The van der Waals surface area contributed by atoms with Gasteiger partial charge in [0.15, 0.2) is 0 Å². The molecule has 0 unspecified atom stereocenters. The van der Waals surface area contributed by atoms with E-state index in [0.29, 0.717) is 5.69 Å². The van der Waals surface area contributed by atoms with Gasteiger partial charge in [-0.2, -0.15) is 0 Å². The molecule has 2 N–H and O–H groups in total. The number of anilines is 1. The molecule has 1 aromatic carbocycles. The molecule has 0 radical (unpaired) electrons. The van der Waals surface area contributed by atoms with Gasteiger partial charge in [-0.1, -0.05) is 6.07 Å². The highest BCUT2D eigenvalue weighted by atomic mass is 16.4. The largest absolute Gasteiger partial charge is 0.478 e. The zero-order chi connectivity index (χ0) is 12.1. The van der Waals surface area contributed by atoms with Crippen molar-refractivity contribution in [2.24, 2.45) is 0 Å². The maximum Gasteiger partial charge on any atom is 0.328 e. The molecule has 0 aliphatic heterocycles. The maximum absolute atomic E-state index is 10.8. The van der Waals surface area contributed by atoms with Crippen molar-refractivity contribution in [1.29, 1.82) is 0 Å². The lowest BCUT2D eigenvalue weighted by Crippen LogP contribution is -2.05. The van der Waals surface area contributed by atoms with E-state index in [-0.39, 0.29) is 5.91 Å². The van der Waals surface area contributed by atoms with E-state index in [4.69, 9.17) is 5.11 Å². The summed E-state index contributed by atoms with van der Waals surface area (Å²) in [5.41, 5.74) is 2.43. The smallest absolute Gasteiger partial charge is 0.328 e. The summed E-state index contributed by atoms with van der Waals surface area (Å²) in [4.78, 5) is 21.2. The molecule has 0 saturated carbocycles. The van der Waals surface area contributed by atoms with Crippen molar-refractivity contribution in [3.63, 3.8) is 0 Å². The predicted molar refractivity (Wildman–Crippen MR) is 62.2 cm³/mol. The van der Waals surface area contributed by atoms with Gasteiger partial charge in [0.1, 0.15) is 0 Å². The summed E-state index contributed by atoms with van der Waals surface area (Å²) >= 11 is 0. The van der Waals surface area contributed by atoms with Crippen LogP contribution >= 0.6 is 0 Å². The van der Waals surface area contributed by atoms with Gasteiger partial charge in [0.2, 0.25) is 5.91 Å². The molecule has 0 fully saturated rings. The third-order valence-electron chi connectivity index (χ3n) is 2.00. The monoisotopic (exact) mass is 219 g/mol. The van der Waals surface area contributed by atoms with E-state index in [1.807, 2.05) is 6.92 Å². The van der Waals surface area contributed by atoms with E-state index in [1.54, 1.807) is 18.2 Å². The molecule has 0 aliphatic carbocycles. The molecule has 1 aromatic rings. The van der Waals surface area contributed by atoms with E-state index < -0.39 is 5.97 Å². The first-order chi connectivity index (χ1) is 7.49. The number of benzene rings is 1. The van der Waals surface area contributed by atoms with Crippen molar-refractivity contribution in [3.05, 3.63) is 35.4 Å². The first kappa shape index (κ1) is 12.0. The van der Waals surface area contributed by atoms with Crippen LogP contribution in [0.3, 0.4) is 0 Å². The summed E-state index contributed by atoms with van der Waals surface area (Å²) in [5, 5.41) is 11.2. The average Bonchev–Trinajstić information content (AvgIpc) is 2.15. The molecule has 4 heteroatoms. The van der Waals surface area contributed by atoms with E-state index in [0.717, 1.165) is 17.2 Å². The Morgan fingerprint density at radius 2 is 2.06 bits per heavy atom. The second-order valence-corrected chi connectivity index (χ2v) is 3.42. The van der Waals surface area contributed by atoms with E-state index in [9.17, 15) is 9.59 Å². The Balaban J connectivity index is 2.91. The Morgan fingerprint density at radius 1 is 1.38 bits per heavy atom. The fraction of sp³-hybridized carbons (Fsp3) is 0.167.